The molecule has 0 radical (unpaired) electrons. The van der Waals surface area contributed by atoms with Gasteiger partial charge in [-0.1, -0.05) is 30.3 Å². The first-order valence-electron chi connectivity index (χ1n) is 7.21. The lowest BCUT2D eigenvalue weighted by Crippen LogP contribution is -2.54. The molecule has 0 aliphatic carbocycles. The molecule has 3 N–H and O–H groups in total. The minimum absolute atomic E-state index is 0.0221. The van der Waals surface area contributed by atoms with Crippen molar-refractivity contribution in [2.45, 2.75) is 19.5 Å². The Bertz CT molecular complexity index is 415. The zero-order valence-electron chi connectivity index (χ0n) is 12.1. The Kier molecular flexibility index (Phi) is 5.38. The fraction of sp³-hybridized carbons (Fsp3) is 0.533. The van der Waals surface area contributed by atoms with Gasteiger partial charge in [-0.25, -0.2) is 4.79 Å². The van der Waals surface area contributed by atoms with E-state index in [0.29, 0.717) is 19.1 Å². The summed E-state index contributed by atoms with van der Waals surface area (Å²) in [6.07, 6.45) is 0. The van der Waals surface area contributed by atoms with Gasteiger partial charge in [-0.15, -0.1) is 0 Å². The summed E-state index contributed by atoms with van der Waals surface area (Å²) in [6, 6.07) is 10.4. The number of hydrogen-bond acceptors (Lipinski definition) is 3. The van der Waals surface area contributed by atoms with Gasteiger partial charge >= 0.3 is 6.03 Å². The Morgan fingerprint density at radius 3 is 2.50 bits per heavy atom. The van der Waals surface area contributed by atoms with Crippen LogP contribution in [0.1, 0.15) is 12.5 Å². The minimum Gasteiger partial charge on any atom is -0.334 e. The van der Waals surface area contributed by atoms with Gasteiger partial charge in [-0.05, 0) is 12.5 Å². The van der Waals surface area contributed by atoms with Crippen molar-refractivity contribution in [3.63, 3.8) is 0 Å². The van der Waals surface area contributed by atoms with Crippen molar-refractivity contribution >= 4 is 6.03 Å². The Balaban J connectivity index is 1.75. The lowest BCUT2D eigenvalue weighted by Gasteiger charge is -2.37. The molecule has 5 heteroatoms. The number of carbonyl (C=O) groups excluding carboxylic acids is 1. The number of nitrogens with two attached hydrogens (primary N) is 1. The van der Waals surface area contributed by atoms with Crippen molar-refractivity contribution in [1.82, 2.24) is 15.1 Å². The molecule has 2 amide bonds. The van der Waals surface area contributed by atoms with Crippen LogP contribution in [0.15, 0.2) is 30.3 Å². The lowest BCUT2D eigenvalue weighted by atomic mass is 10.2. The third-order valence-corrected chi connectivity index (χ3v) is 3.85. The Morgan fingerprint density at radius 1 is 1.25 bits per heavy atom. The second kappa shape index (κ2) is 7.26. The SMILES string of the molecule is CC(CN)N1CCN(C(=O)NCc2ccccc2)CC1. The maximum absolute atomic E-state index is 12.1. The van der Waals surface area contributed by atoms with Gasteiger partial charge in [0.2, 0.25) is 0 Å². The molecule has 0 spiro atoms. The van der Waals surface area contributed by atoms with Crippen LogP contribution in [-0.4, -0.2) is 54.6 Å². The molecule has 0 bridgehead atoms. The standard InChI is InChI=1S/C15H24N4O/c1-13(11-16)18-7-9-19(10-8-18)15(20)17-12-14-5-3-2-4-6-14/h2-6,13H,7-12,16H2,1H3,(H,17,20). The van der Waals surface area contributed by atoms with Gasteiger partial charge in [-0.2, -0.15) is 0 Å². The first kappa shape index (κ1) is 14.8. The second-order valence-corrected chi connectivity index (χ2v) is 5.25. The molecule has 5 nitrogen and oxygen atoms in total. The average Bonchev–Trinajstić information content (AvgIpc) is 2.53. The normalized spacial score (nSPS) is 17.8. The molecule has 1 saturated heterocycles. The second-order valence-electron chi connectivity index (χ2n) is 5.25. The van der Waals surface area contributed by atoms with Crippen LogP contribution in [0.4, 0.5) is 4.79 Å². The van der Waals surface area contributed by atoms with E-state index in [1.807, 2.05) is 35.2 Å². The average molecular weight is 276 g/mol. The molecule has 1 atom stereocenters. The molecule has 1 aliphatic rings. The van der Waals surface area contributed by atoms with Crippen molar-refractivity contribution < 1.29 is 4.79 Å². The highest BCUT2D eigenvalue weighted by Gasteiger charge is 2.23. The molecule has 0 saturated carbocycles. The summed E-state index contributed by atoms with van der Waals surface area (Å²) in [4.78, 5) is 16.3. The van der Waals surface area contributed by atoms with E-state index in [0.717, 1.165) is 31.7 Å². The number of hydrogen-bond donors (Lipinski definition) is 2. The van der Waals surface area contributed by atoms with Gasteiger partial charge in [0.25, 0.3) is 0 Å². The number of benzene rings is 1. The molecule has 1 aromatic rings. The van der Waals surface area contributed by atoms with E-state index < -0.39 is 0 Å². The zero-order valence-corrected chi connectivity index (χ0v) is 12.1. The number of amides is 2. The number of rotatable bonds is 4. The van der Waals surface area contributed by atoms with E-state index >= 15 is 0 Å². The number of piperazine rings is 1. The lowest BCUT2D eigenvalue weighted by molar-refractivity contribution is 0.116. The first-order chi connectivity index (χ1) is 9.70. The van der Waals surface area contributed by atoms with Gasteiger partial charge in [0.15, 0.2) is 0 Å². The van der Waals surface area contributed by atoms with Gasteiger partial charge in [0, 0.05) is 45.3 Å². The maximum atomic E-state index is 12.1. The van der Waals surface area contributed by atoms with Gasteiger partial charge in [0.05, 0.1) is 0 Å². The smallest absolute Gasteiger partial charge is 0.317 e. The Hall–Kier alpha value is -1.59. The summed E-state index contributed by atoms with van der Waals surface area (Å²) in [5, 5.41) is 2.97. The molecular formula is C15H24N4O. The van der Waals surface area contributed by atoms with Crippen LogP contribution < -0.4 is 11.1 Å². The third-order valence-electron chi connectivity index (χ3n) is 3.85. The molecular weight excluding hydrogens is 252 g/mol. The van der Waals surface area contributed by atoms with E-state index in [4.69, 9.17) is 5.73 Å². The third kappa shape index (κ3) is 3.95. The predicted octanol–water partition coefficient (Wildman–Crippen LogP) is 0.861. The fourth-order valence-corrected chi connectivity index (χ4v) is 2.40. The fourth-order valence-electron chi connectivity index (χ4n) is 2.40. The summed E-state index contributed by atoms with van der Waals surface area (Å²) < 4.78 is 0. The van der Waals surface area contributed by atoms with Crippen LogP contribution in [0.5, 0.6) is 0 Å². The molecule has 1 aliphatic heterocycles. The van der Waals surface area contributed by atoms with E-state index in [2.05, 4.69) is 17.1 Å². The number of urea groups is 1. The van der Waals surface area contributed by atoms with Crippen LogP contribution in [0.25, 0.3) is 0 Å². The van der Waals surface area contributed by atoms with Crippen LogP contribution in [0, 0.1) is 0 Å². The molecule has 2 rings (SSSR count). The largest absolute Gasteiger partial charge is 0.334 e. The minimum atomic E-state index is 0.0221. The molecule has 0 aromatic heterocycles. The predicted molar refractivity (Wildman–Crippen MR) is 80.3 cm³/mol. The van der Waals surface area contributed by atoms with Crippen molar-refractivity contribution in [1.29, 1.82) is 0 Å². The van der Waals surface area contributed by atoms with E-state index in [9.17, 15) is 4.79 Å². The van der Waals surface area contributed by atoms with Crippen molar-refractivity contribution in [3.8, 4) is 0 Å². The molecule has 20 heavy (non-hydrogen) atoms. The highest BCUT2D eigenvalue weighted by atomic mass is 16.2. The number of nitrogens with one attached hydrogen (secondary N) is 1. The zero-order chi connectivity index (χ0) is 14.4. The van der Waals surface area contributed by atoms with Crippen LogP contribution in [0.2, 0.25) is 0 Å². The summed E-state index contributed by atoms with van der Waals surface area (Å²) in [5.41, 5.74) is 6.80. The summed E-state index contributed by atoms with van der Waals surface area (Å²) >= 11 is 0. The van der Waals surface area contributed by atoms with Gasteiger partial charge in [0.1, 0.15) is 0 Å². The van der Waals surface area contributed by atoms with Crippen LogP contribution in [-0.2, 0) is 6.54 Å². The first-order valence-corrected chi connectivity index (χ1v) is 7.21. The molecule has 1 aromatic carbocycles. The quantitative estimate of drug-likeness (QED) is 0.857. The van der Waals surface area contributed by atoms with E-state index in [1.165, 1.54) is 0 Å². The van der Waals surface area contributed by atoms with Crippen LogP contribution >= 0.6 is 0 Å². The summed E-state index contributed by atoms with van der Waals surface area (Å²) in [7, 11) is 0. The molecule has 1 unspecified atom stereocenters. The Labute approximate surface area is 120 Å². The molecule has 1 heterocycles. The topological polar surface area (TPSA) is 61.6 Å². The number of nitrogens with zero attached hydrogens (tertiary/aromatic N) is 2. The summed E-state index contributed by atoms with van der Waals surface area (Å²) in [6.45, 7) is 6.72. The summed E-state index contributed by atoms with van der Waals surface area (Å²) in [5.74, 6) is 0. The van der Waals surface area contributed by atoms with E-state index in [1.54, 1.807) is 0 Å². The maximum Gasteiger partial charge on any atom is 0.317 e. The number of carbonyl (C=O) groups is 1. The Morgan fingerprint density at radius 2 is 1.90 bits per heavy atom. The molecule has 1 fully saturated rings. The van der Waals surface area contributed by atoms with Crippen molar-refractivity contribution in [2.75, 3.05) is 32.7 Å². The highest BCUT2D eigenvalue weighted by Crippen LogP contribution is 2.06. The highest BCUT2D eigenvalue weighted by molar-refractivity contribution is 5.74. The molecule has 110 valence electrons. The van der Waals surface area contributed by atoms with Gasteiger partial charge in [-0.3, -0.25) is 4.90 Å². The monoisotopic (exact) mass is 276 g/mol. The van der Waals surface area contributed by atoms with Crippen molar-refractivity contribution in [2.24, 2.45) is 5.73 Å². The van der Waals surface area contributed by atoms with E-state index in [-0.39, 0.29) is 6.03 Å². The van der Waals surface area contributed by atoms with Crippen molar-refractivity contribution in [3.05, 3.63) is 35.9 Å². The van der Waals surface area contributed by atoms with Gasteiger partial charge < -0.3 is 16.0 Å². The van der Waals surface area contributed by atoms with Crippen LogP contribution in [0.3, 0.4) is 0 Å².